The number of anilines is 1. The molecule has 0 radical (unpaired) electrons. The number of pyridine rings is 1. The van der Waals surface area contributed by atoms with E-state index in [0.29, 0.717) is 26.9 Å². The number of carbonyl (C=O) groups is 1. The Hall–Kier alpha value is -3.13. The van der Waals surface area contributed by atoms with E-state index >= 15 is 0 Å². The van der Waals surface area contributed by atoms with Gasteiger partial charge in [0.1, 0.15) is 22.2 Å². The van der Waals surface area contributed by atoms with Gasteiger partial charge in [-0.2, -0.15) is 10.5 Å². The van der Waals surface area contributed by atoms with Crippen molar-refractivity contribution in [2.45, 2.75) is 50.5 Å². The van der Waals surface area contributed by atoms with Gasteiger partial charge in [-0.3, -0.25) is 4.79 Å². The Morgan fingerprint density at radius 3 is 2.82 bits per heavy atom. The lowest BCUT2D eigenvalue weighted by Crippen LogP contribution is -2.12. The van der Waals surface area contributed by atoms with Crippen LogP contribution in [0.25, 0.3) is 10.4 Å². The molecule has 1 N–H and O–H groups in total. The highest BCUT2D eigenvalue weighted by molar-refractivity contribution is 7.99. The highest BCUT2D eigenvalue weighted by Crippen LogP contribution is 2.44. The van der Waals surface area contributed by atoms with E-state index in [2.05, 4.69) is 41.5 Å². The third-order valence-corrected chi connectivity index (χ3v) is 7.84. The van der Waals surface area contributed by atoms with Crippen molar-refractivity contribution < 1.29 is 4.79 Å². The molecule has 33 heavy (non-hydrogen) atoms. The smallest absolute Gasteiger partial charge is 0.225 e. The summed E-state index contributed by atoms with van der Waals surface area (Å²) in [7, 11) is 0. The van der Waals surface area contributed by atoms with Crippen molar-refractivity contribution in [1.82, 2.24) is 4.98 Å². The molecule has 4 rings (SSSR count). The normalized spacial score (nSPS) is 11.7. The number of amides is 1. The Morgan fingerprint density at radius 2 is 2.03 bits per heavy atom. The number of carbonyl (C=O) groups excluding carboxylic acids is 1. The highest BCUT2D eigenvalue weighted by Gasteiger charge is 2.25. The number of rotatable bonds is 8. The van der Waals surface area contributed by atoms with Crippen molar-refractivity contribution in [3.8, 4) is 22.6 Å². The van der Waals surface area contributed by atoms with E-state index in [4.69, 9.17) is 0 Å². The van der Waals surface area contributed by atoms with Crippen LogP contribution in [0.1, 0.15) is 54.1 Å². The van der Waals surface area contributed by atoms with Gasteiger partial charge >= 0.3 is 0 Å². The summed E-state index contributed by atoms with van der Waals surface area (Å²) in [5, 5.41) is 23.4. The zero-order chi connectivity index (χ0) is 23.2. The highest BCUT2D eigenvalue weighted by atomic mass is 32.2. The third-order valence-electron chi connectivity index (χ3n) is 5.67. The Bertz CT molecular complexity index is 1270. The van der Waals surface area contributed by atoms with Gasteiger partial charge < -0.3 is 5.32 Å². The van der Waals surface area contributed by atoms with E-state index in [0.717, 1.165) is 53.8 Å². The molecule has 0 bridgehead atoms. The molecule has 0 fully saturated rings. The number of unbranched alkanes of at least 4 members (excludes halogenated alkanes) is 1. The van der Waals surface area contributed by atoms with E-state index in [9.17, 15) is 15.3 Å². The molecule has 0 aliphatic heterocycles. The van der Waals surface area contributed by atoms with Crippen LogP contribution in [0.15, 0.2) is 41.4 Å². The molecule has 166 valence electrons. The number of nitrogens with zero attached hydrogens (tertiary/aromatic N) is 3. The van der Waals surface area contributed by atoms with Crippen molar-refractivity contribution in [3.05, 3.63) is 64.3 Å². The van der Waals surface area contributed by atoms with Crippen LogP contribution in [0.4, 0.5) is 5.00 Å². The number of thioether (sulfide) groups is 1. The van der Waals surface area contributed by atoms with Crippen molar-refractivity contribution in [2.24, 2.45) is 0 Å². The summed E-state index contributed by atoms with van der Waals surface area (Å²) in [5.74, 6) is 0.382. The summed E-state index contributed by atoms with van der Waals surface area (Å²) in [5.41, 5.74) is 5.59. The van der Waals surface area contributed by atoms with Gasteiger partial charge in [0, 0.05) is 22.7 Å². The molecule has 0 unspecified atom stereocenters. The van der Waals surface area contributed by atoms with Crippen molar-refractivity contribution in [3.63, 3.8) is 0 Å². The summed E-state index contributed by atoms with van der Waals surface area (Å²) in [6.45, 7) is 2.14. The summed E-state index contributed by atoms with van der Waals surface area (Å²) in [6.07, 6.45) is 5.03. The van der Waals surface area contributed by atoms with Crippen LogP contribution in [0.5, 0.6) is 0 Å². The Kier molecular flexibility index (Phi) is 7.44. The monoisotopic (exact) mass is 472 g/mol. The first-order valence-corrected chi connectivity index (χ1v) is 12.9. The van der Waals surface area contributed by atoms with Crippen LogP contribution in [0.2, 0.25) is 0 Å². The van der Waals surface area contributed by atoms with Crippen molar-refractivity contribution in [2.75, 3.05) is 11.1 Å². The molecule has 5 nitrogen and oxygen atoms in total. The fourth-order valence-electron chi connectivity index (χ4n) is 3.95. The number of nitrogens with one attached hydrogen (secondary N) is 1. The average molecular weight is 473 g/mol. The summed E-state index contributed by atoms with van der Waals surface area (Å²) in [4.78, 5) is 18.4. The number of aryl methyl sites for hydroxylation is 2. The predicted octanol–water partition coefficient (Wildman–Crippen LogP) is 6.12. The number of thiophene rings is 1. The first-order chi connectivity index (χ1) is 16.1. The van der Waals surface area contributed by atoms with Gasteiger partial charge in [0.2, 0.25) is 5.91 Å². The lowest BCUT2D eigenvalue weighted by molar-refractivity contribution is -0.115. The minimum atomic E-state index is -0.133. The topological polar surface area (TPSA) is 89.6 Å². The largest absolute Gasteiger partial charge is 0.317 e. The molecule has 0 saturated heterocycles. The zero-order valence-corrected chi connectivity index (χ0v) is 20.1. The quantitative estimate of drug-likeness (QED) is 0.399. The first kappa shape index (κ1) is 23.0. The average Bonchev–Trinajstić information content (AvgIpc) is 3.20. The number of hydrogen-bond acceptors (Lipinski definition) is 6. The van der Waals surface area contributed by atoms with Gasteiger partial charge in [-0.05, 0) is 54.5 Å². The molecular formula is C26H24N4OS2. The van der Waals surface area contributed by atoms with E-state index in [1.54, 1.807) is 0 Å². The first-order valence-electron chi connectivity index (χ1n) is 11.1. The molecule has 2 heterocycles. The van der Waals surface area contributed by atoms with Crippen LogP contribution in [0.3, 0.4) is 0 Å². The Morgan fingerprint density at radius 1 is 1.18 bits per heavy atom. The van der Waals surface area contributed by atoms with Crippen LogP contribution in [-0.4, -0.2) is 16.6 Å². The molecule has 0 saturated carbocycles. The fourth-order valence-corrected chi connectivity index (χ4v) is 6.16. The van der Waals surface area contributed by atoms with Gasteiger partial charge in [-0.1, -0.05) is 37.6 Å². The van der Waals surface area contributed by atoms with Crippen molar-refractivity contribution >= 4 is 34.0 Å². The minimum absolute atomic E-state index is 0.133. The van der Waals surface area contributed by atoms with Gasteiger partial charge in [-0.15, -0.1) is 23.1 Å². The molecule has 1 aromatic carbocycles. The second kappa shape index (κ2) is 10.7. The Labute approximate surface area is 202 Å². The van der Waals surface area contributed by atoms with Gasteiger partial charge in [0.25, 0.3) is 0 Å². The summed E-state index contributed by atoms with van der Waals surface area (Å²) < 4.78 is 0. The van der Waals surface area contributed by atoms with Crippen LogP contribution in [-0.2, 0) is 24.1 Å². The number of nitriles is 2. The predicted molar refractivity (Wildman–Crippen MR) is 133 cm³/mol. The van der Waals surface area contributed by atoms with Crippen LogP contribution in [0, 0.1) is 22.7 Å². The molecular weight excluding hydrogens is 448 g/mol. The second-order valence-corrected chi connectivity index (χ2v) is 10.0. The van der Waals surface area contributed by atoms with E-state index in [1.807, 2.05) is 24.3 Å². The van der Waals surface area contributed by atoms with Crippen molar-refractivity contribution in [1.29, 1.82) is 10.5 Å². The van der Waals surface area contributed by atoms with E-state index in [-0.39, 0.29) is 12.3 Å². The number of hydrogen-bond donors (Lipinski definition) is 1. The zero-order valence-electron chi connectivity index (χ0n) is 18.5. The molecule has 3 aromatic rings. The molecule has 2 aromatic heterocycles. The molecule has 0 atom stereocenters. The SMILES string of the molecule is CCCCc1ccc(C#N)c(SCCC(=O)Nc2sc3c(c2C#N)CCc2ccccc2-3)n1. The Balaban J connectivity index is 1.42. The lowest BCUT2D eigenvalue weighted by atomic mass is 9.90. The van der Waals surface area contributed by atoms with E-state index < -0.39 is 0 Å². The number of benzene rings is 1. The molecule has 1 aliphatic carbocycles. The standard InChI is InChI=1S/C26H24N4OS2/c1-2-3-7-19-11-9-18(15-27)25(29-19)32-14-13-23(31)30-26-22(16-28)21-12-10-17-6-4-5-8-20(17)24(21)33-26/h4-6,8-9,11H,2-3,7,10,12-14H2,1H3,(H,30,31). The van der Waals surface area contributed by atoms with Gasteiger partial charge in [0.05, 0.1) is 11.1 Å². The fraction of sp³-hybridized carbons (Fsp3) is 0.308. The summed E-state index contributed by atoms with van der Waals surface area (Å²) in [6, 6.07) is 16.5. The summed E-state index contributed by atoms with van der Waals surface area (Å²) >= 11 is 2.92. The van der Waals surface area contributed by atoms with Crippen LogP contribution < -0.4 is 5.32 Å². The molecule has 7 heteroatoms. The molecule has 1 amide bonds. The molecule has 0 spiro atoms. The molecule has 1 aliphatic rings. The number of aromatic nitrogens is 1. The lowest BCUT2D eigenvalue weighted by Gasteiger charge is -2.15. The maximum Gasteiger partial charge on any atom is 0.225 e. The van der Waals surface area contributed by atoms with Gasteiger partial charge in [-0.25, -0.2) is 4.98 Å². The third kappa shape index (κ3) is 5.11. The maximum absolute atomic E-state index is 12.7. The van der Waals surface area contributed by atoms with E-state index in [1.165, 1.54) is 28.7 Å². The van der Waals surface area contributed by atoms with Gasteiger partial charge in [0.15, 0.2) is 0 Å². The second-order valence-electron chi connectivity index (χ2n) is 7.90. The number of fused-ring (bicyclic) bond motifs is 3. The minimum Gasteiger partial charge on any atom is -0.317 e. The maximum atomic E-state index is 12.7. The van der Waals surface area contributed by atoms with Crippen LogP contribution >= 0.6 is 23.1 Å².